The summed E-state index contributed by atoms with van der Waals surface area (Å²) in [6.45, 7) is 4.45. The van der Waals surface area contributed by atoms with Crippen LogP contribution in [0.1, 0.15) is 13.8 Å². The van der Waals surface area contributed by atoms with E-state index in [0.717, 1.165) is 0 Å². The number of pyridine rings is 1. The van der Waals surface area contributed by atoms with Crippen LogP contribution in [0.15, 0.2) is 12.1 Å². The lowest BCUT2D eigenvalue weighted by Gasteiger charge is -2.44. The molecule has 3 N–H and O–H groups in total. The van der Waals surface area contributed by atoms with E-state index in [4.69, 9.17) is 10.8 Å². The third kappa shape index (κ3) is 2.81. The summed E-state index contributed by atoms with van der Waals surface area (Å²) in [6.07, 6.45) is -0.954. The van der Waals surface area contributed by atoms with Crippen molar-refractivity contribution in [3.8, 4) is 0 Å². The fraction of sp³-hybridized carbons (Fsp3) is 0.500. The van der Waals surface area contributed by atoms with Crippen molar-refractivity contribution >= 4 is 23.4 Å². The van der Waals surface area contributed by atoms with Gasteiger partial charge in [-0.05, 0) is 19.9 Å². The summed E-state index contributed by atoms with van der Waals surface area (Å²) in [5.41, 5.74) is 5.38. The lowest BCUT2D eigenvalue weighted by Crippen LogP contribution is -2.58. The van der Waals surface area contributed by atoms with Crippen molar-refractivity contribution in [1.29, 1.82) is 0 Å². The maximum absolute atomic E-state index is 11.1. The first-order valence-electron chi connectivity index (χ1n) is 6.48. The first kappa shape index (κ1) is 14.8. The third-order valence-electron chi connectivity index (χ3n) is 3.54. The number of hydrogen-bond donors (Lipinski definition) is 2. The topological polar surface area (TPSA) is 126 Å². The highest BCUT2D eigenvalue weighted by molar-refractivity contribution is 5.66. The van der Waals surface area contributed by atoms with E-state index >= 15 is 0 Å². The van der Waals surface area contributed by atoms with E-state index < -0.39 is 11.0 Å². The maximum Gasteiger partial charge on any atom is 0.407 e. The number of rotatable bonds is 2. The SMILES string of the molecule is C[C@@H]1CN(C(=O)O)C[C@@H](C)N1c1ccc([N+](=O)[O-])c(N)n1. The lowest BCUT2D eigenvalue weighted by molar-refractivity contribution is -0.384. The molecule has 0 unspecified atom stereocenters. The minimum atomic E-state index is -0.954. The van der Waals surface area contributed by atoms with Gasteiger partial charge in [0.1, 0.15) is 5.82 Å². The summed E-state index contributed by atoms with van der Waals surface area (Å²) in [6, 6.07) is 2.66. The van der Waals surface area contributed by atoms with Gasteiger partial charge < -0.3 is 20.6 Å². The second-order valence-electron chi connectivity index (χ2n) is 5.12. The summed E-state index contributed by atoms with van der Waals surface area (Å²) in [7, 11) is 0. The highest BCUT2D eigenvalue weighted by Gasteiger charge is 2.33. The van der Waals surface area contributed by atoms with Crippen LogP contribution in [-0.4, -0.2) is 51.2 Å². The van der Waals surface area contributed by atoms with Gasteiger partial charge in [0, 0.05) is 31.2 Å². The Bertz CT molecular complexity index is 567. The smallest absolute Gasteiger partial charge is 0.407 e. The van der Waals surface area contributed by atoms with Crippen LogP contribution < -0.4 is 10.6 Å². The van der Waals surface area contributed by atoms with E-state index in [1.807, 2.05) is 18.7 Å². The van der Waals surface area contributed by atoms with E-state index in [0.29, 0.717) is 18.9 Å². The zero-order valence-corrected chi connectivity index (χ0v) is 11.8. The molecule has 0 aromatic carbocycles. The Morgan fingerprint density at radius 3 is 2.43 bits per heavy atom. The van der Waals surface area contributed by atoms with Crippen LogP contribution in [0.3, 0.4) is 0 Å². The molecule has 1 aromatic heterocycles. The molecule has 0 spiro atoms. The molecule has 1 aliphatic heterocycles. The molecule has 1 aromatic rings. The van der Waals surface area contributed by atoms with Crippen LogP contribution in [0, 0.1) is 10.1 Å². The molecule has 114 valence electrons. The number of nitrogens with zero attached hydrogens (tertiary/aromatic N) is 4. The van der Waals surface area contributed by atoms with E-state index in [1.54, 1.807) is 0 Å². The fourth-order valence-electron chi connectivity index (χ4n) is 2.69. The van der Waals surface area contributed by atoms with Gasteiger partial charge in [0.25, 0.3) is 0 Å². The number of hydrogen-bond acceptors (Lipinski definition) is 6. The predicted octanol–water partition coefficient (Wildman–Crippen LogP) is 1.15. The van der Waals surface area contributed by atoms with Crippen LogP contribution >= 0.6 is 0 Å². The van der Waals surface area contributed by atoms with Crippen LogP contribution in [0.2, 0.25) is 0 Å². The van der Waals surface area contributed by atoms with E-state index in [1.165, 1.54) is 17.0 Å². The van der Waals surface area contributed by atoms with E-state index in [-0.39, 0.29) is 23.6 Å². The minimum Gasteiger partial charge on any atom is -0.465 e. The summed E-state index contributed by atoms with van der Waals surface area (Å²) < 4.78 is 0. The molecule has 2 rings (SSSR count). The van der Waals surface area contributed by atoms with Gasteiger partial charge in [-0.2, -0.15) is 0 Å². The number of aromatic nitrogens is 1. The number of nitrogen functional groups attached to an aromatic ring is 1. The molecule has 1 amide bonds. The molecule has 2 atom stereocenters. The summed E-state index contributed by atoms with van der Waals surface area (Å²) in [5.74, 6) is 0.376. The molecule has 9 nitrogen and oxygen atoms in total. The van der Waals surface area contributed by atoms with Crippen LogP contribution in [0.25, 0.3) is 0 Å². The zero-order valence-electron chi connectivity index (χ0n) is 11.8. The molecule has 0 aliphatic carbocycles. The highest BCUT2D eigenvalue weighted by atomic mass is 16.6. The molecule has 2 heterocycles. The van der Waals surface area contributed by atoms with Gasteiger partial charge in [-0.1, -0.05) is 0 Å². The second kappa shape index (κ2) is 5.43. The fourth-order valence-corrected chi connectivity index (χ4v) is 2.69. The molecule has 0 radical (unpaired) electrons. The Morgan fingerprint density at radius 1 is 1.43 bits per heavy atom. The number of amides is 1. The normalized spacial score (nSPS) is 22.2. The Hall–Kier alpha value is -2.58. The number of carboxylic acid groups (broad SMARTS) is 1. The molecule has 9 heteroatoms. The average molecular weight is 295 g/mol. The van der Waals surface area contributed by atoms with Gasteiger partial charge in [-0.15, -0.1) is 0 Å². The Balaban J connectivity index is 2.27. The zero-order chi connectivity index (χ0) is 15.7. The van der Waals surface area contributed by atoms with Crippen LogP contribution in [-0.2, 0) is 0 Å². The first-order valence-corrected chi connectivity index (χ1v) is 6.48. The molecule has 0 saturated carbocycles. The number of nitrogens with two attached hydrogens (primary N) is 1. The molecule has 1 saturated heterocycles. The molecular formula is C12H17N5O4. The van der Waals surface area contributed by atoms with Gasteiger partial charge in [-0.25, -0.2) is 9.78 Å². The van der Waals surface area contributed by atoms with Crippen LogP contribution in [0.4, 0.5) is 22.1 Å². The van der Waals surface area contributed by atoms with Crippen molar-refractivity contribution in [1.82, 2.24) is 9.88 Å². The van der Waals surface area contributed by atoms with Gasteiger partial charge in [0.05, 0.1) is 4.92 Å². The average Bonchev–Trinajstić information content (AvgIpc) is 2.37. The van der Waals surface area contributed by atoms with E-state index in [9.17, 15) is 14.9 Å². The molecule has 1 fully saturated rings. The van der Waals surface area contributed by atoms with Crippen molar-refractivity contribution in [3.05, 3.63) is 22.2 Å². The molecule has 0 bridgehead atoms. The quantitative estimate of drug-likeness (QED) is 0.619. The van der Waals surface area contributed by atoms with Crippen molar-refractivity contribution < 1.29 is 14.8 Å². The maximum atomic E-state index is 11.1. The van der Waals surface area contributed by atoms with Gasteiger partial charge >= 0.3 is 11.8 Å². The van der Waals surface area contributed by atoms with Crippen molar-refractivity contribution in [2.75, 3.05) is 23.7 Å². The van der Waals surface area contributed by atoms with Crippen molar-refractivity contribution in [2.24, 2.45) is 0 Å². The molecule has 21 heavy (non-hydrogen) atoms. The minimum absolute atomic E-state index is 0.0989. The number of anilines is 2. The van der Waals surface area contributed by atoms with E-state index in [2.05, 4.69) is 4.98 Å². The van der Waals surface area contributed by atoms with Crippen molar-refractivity contribution in [3.63, 3.8) is 0 Å². The predicted molar refractivity (Wildman–Crippen MR) is 76.3 cm³/mol. The van der Waals surface area contributed by atoms with Gasteiger partial charge in [0.2, 0.25) is 5.82 Å². The second-order valence-corrected chi connectivity index (χ2v) is 5.12. The number of piperazine rings is 1. The molecule has 1 aliphatic rings. The number of carbonyl (C=O) groups is 1. The standard InChI is InChI=1S/C12H17N5O4/c1-7-5-15(12(18)19)6-8(2)16(7)10-4-3-9(17(20)21)11(13)14-10/h3-4,7-8H,5-6H2,1-2H3,(H2,13,14)(H,18,19)/t7-,8-/m1/s1. The molecular weight excluding hydrogens is 278 g/mol. The largest absolute Gasteiger partial charge is 0.465 e. The van der Waals surface area contributed by atoms with Gasteiger partial charge in [-0.3, -0.25) is 10.1 Å². The summed E-state index contributed by atoms with van der Waals surface area (Å²) in [5, 5.41) is 19.8. The summed E-state index contributed by atoms with van der Waals surface area (Å²) in [4.78, 5) is 28.6. The van der Waals surface area contributed by atoms with Gasteiger partial charge in [0.15, 0.2) is 0 Å². The summed E-state index contributed by atoms with van der Waals surface area (Å²) >= 11 is 0. The third-order valence-corrected chi connectivity index (χ3v) is 3.54. The monoisotopic (exact) mass is 295 g/mol. The van der Waals surface area contributed by atoms with Crippen LogP contribution in [0.5, 0.6) is 0 Å². The lowest BCUT2D eigenvalue weighted by atomic mass is 10.1. The van der Waals surface area contributed by atoms with Crippen molar-refractivity contribution in [2.45, 2.75) is 25.9 Å². The Kier molecular flexibility index (Phi) is 3.83. The first-order chi connectivity index (χ1) is 9.81. The number of nitro groups is 1. The Morgan fingerprint density at radius 2 is 2.00 bits per heavy atom. The Labute approximate surface area is 121 Å². The highest BCUT2D eigenvalue weighted by Crippen LogP contribution is 2.27.